The summed E-state index contributed by atoms with van der Waals surface area (Å²) in [6, 6.07) is -0.776. The highest BCUT2D eigenvalue weighted by molar-refractivity contribution is 5.22. The second kappa shape index (κ2) is 3.53. The van der Waals surface area contributed by atoms with Crippen molar-refractivity contribution in [2.24, 2.45) is 5.73 Å². The maximum Gasteiger partial charge on any atom is 0.407 e. The summed E-state index contributed by atoms with van der Waals surface area (Å²) in [5, 5.41) is 0. The summed E-state index contributed by atoms with van der Waals surface area (Å²) < 4.78 is 61.1. The Kier molecular flexibility index (Phi) is 2.75. The van der Waals surface area contributed by atoms with Gasteiger partial charge in [0.05, 0.1) is 0 Å². The van der Waals surface area contributed by atoms with Crippen molar-refractivity contribution in [3.63, 3.8) is 0 Å². The molecule has 0 bridgehead atoms. The van der Waals surface area contributed by atoms with Crippen molar-refractivity contribution in [2.75, 3.05) is 0 Å². The van der Waals surface area contributed by atoms with E-state index in [1.165, 1.54) is 0 Å². The average Bonchev–Trinajstić information content (AvgIpc) is 1.99. The van der Waals surface area contributed by atoms with Crippen molar-refractivity contribution >= 4 is 0 Å². The van der Waals surface area contributed by atoms with Crippen molar-refractivity contribution in [1.82, 2.24) is 0 Å². The summed E-state index contributed by atoms with van der Waals surface area (Å²) in [4.78, 5) is 0. The zero-order valence-corrected chi connectivity index (χ0v) is 6.78. The minimum Gasteiger partial charge on any atom is -0.316 e. The molecule has 0 aliphatic carbocycles. The quantitative estimate of drug-likeness (QED) is 0.709. The van der Waals surface area contributed by atoms with Gasteiger partial charge in [-0.3, -0.25) is 0 Å². The molecule has 0 spiro atoms. The number of alkyl halides is 3. The van der Waals surface area contributed by atoms with Crippen molar-refractivity contribution in [3.8, 4) is 0 Å². The van der Waals surface area contributed by atoms with Gasteiger partial charge in [-0.2, -0.15) is 13.2 Å². The summed E-state index contributed by atoms with van der Waals surface area (Å²) in [6.07, 6.45) is -4.71. The zero-order valence-electron chi connectivity index (χ0n) is 6.78. The van der Waals surface area contributed by atoms with Crippen molar-refractivity contribution in [2.45, 2.75) is 12.2 Å². The SMILES string of the molecule is N[C@H](c1cc(F)cc(F)c1)C(F)(F)F. The van der Waals surface area contributed by atoms with E-state index in [1.807, 2.05) is 0 Å². The molecule has 0 heterocycles. The molecule has 0 amide bonds. The minimum absolute atomic E-state index is 0.479. The van der Waals surface area contributed by atoms with E-state index in [0.29, 0.717) is 18.2 Å². The second-order valence-corrected chi connectivity index (χ2v) is 2.72. The third-order valence-corrected chi connectivity index (χ3v) is 1.60. The standard InChI is InChI=1S/C8H6F5N/c9-5-1-4(2-6(10)3-5)7(14)8(11,12)13/h1-3,7H,14H2/t7-/m1/s1. The molecule has 0 fully saturated rings. The molecule has 0 saturated carbocycles. The Morgan fingerprint density at radius 2 is 1.43 bits per heavy atom. The lowest BCUT2D eigenvalue weighted by Gasteiger charge is -2.15. The van der Waals surface area contributed by atoms with Crippen LogP contribution in [-0.4, -0.2) is 6.18 Å². The highest BCUT2D eigenvalue weighted by Gasteiger charge is 2.38. The van der Waals surface area contributed by atoms with Gasteiger partial charge in [-0.15, -0.1) is 0 Å². The third kappa shape index (κ3) is 2.41. The van der Waals surface area contributed by atoms with Crippen LogP contribution in [-0.2, 0) is 0 Å². The fraction of sp³-hybridized carbons (Fsp3) is 0.250. The summed E-state index contributed by atoms with van der Waals surface area (Å²) >= 11 is 0. The molecule has 6 heteroatoms. The van der Waals surface area contributed by atoms with Crippen LogP contribution in [0.4, 0.5) is 22.0 Å². The van der Waals surface area contributed by atoms with Crippen LogP contribution < -0.4 is 5.73 Å². The van der Waals surface area contributed by atoms with Crippen LogP contribution in [0.2, 0.25) is 0 Å². The minimum atomic E-state index is -4.71. The molecule has 0 aromatic heterocycles. The summed E-state index contributed by atoms with van der Waals surface area (Å²) in [7, 11) is 0. The molecular weight excluding hydrogens is 205 g/mol. The van der Waals surface area contributed by atoms with Gasteiger partial charge in [0.25, 0.3) is 0 Å². The van der Waals surface area contributed by atoms with E-state index in [2.05, 4.69) is 0 Å². The number of hydrogen-bond donors (Lipinski definition) is 1. The predicted octanol–water partition coefficient (Wildman–Crippen LogP) is 2.53. The molecule has 0 radical (unpaired) electrons. The largest absolute Gasteiger partial charge is 0.407 e. The molecular formula is C8H6F5N. The lowest BCUT2D eigenvalue weighted by molar-refractivity contribution is -0.149. The molecule has 2 N–H and O–H groups in total. The van der Waals surface area contributed by atoms with Crippen molar-refractivity contribution < 1.29 is 22.0 Å². The predicted molar refractivity (Wildman–Crippen MR) is 39.3 cm³/mol. The second-order valence-electron chi connectivity index (χ2n) is 2.72. The molecule has 1 atom stereocenters. The van der Waals surface area contributed by atoms with E-state index in [9.17, 15) is 22.0 Å². The Balaban J connectivity index is 3.07. The van der Waals surface area contributed by atoms with Crippen LogP contribution in [0.1, 0.15) is 11.6 Å². The van der Waals surface area contributed by atoms with Gasteiger partial charge < -0.3 is 5.73 Å². The van der Waals surface area contributed by atoms with Gasteiger partial charge in [-0.25, -0.2) is 8.78 Å². The lowest BCUT2D eigenvalue weighted by atomic mass is 10.1. The first-order valence-electron chi connectivity index (χ1n) is 3.59. The Bertz CT molecular complexity index is 313. The topological polar surface area (TPSA) is 26.0 Å². The highest BCUT2D eigenvalue weighted by Crippen LogP contribution is 2.30. The van der Waals surface area contributed by atoms with Crippen LogP contribution in [0.25, 0.3) is 0 Å². The molecule has 1 nitrogen and oxygen atoms in total. The van der Waals surface area contributed by atoms with Gasteiger partial charge in [0.15, 0.2) is 0 Å². The Morgan fingerprint density at radius 3 is 1.79 bits per heavy atom. The van der Waals surface area contributed by atoms with Gasteiger partial charge >= 0.3 is 6.18 Å². The van der Waals surface area contributed by atoms with E-state index >= 15 is 0 Å². The first-order valence-corrected chi connectivity index (χ1v) is 3.59. The first-order chi connectivity index (χ1) is 6.30. The fourth-order valence-corrected chi connectivity index (χ4v) is 0.944. The monoisotopic (exact) mass is 211 g/mol. The van der Waals surface area contributed by atoms with Gasteiger partial charge in [-0.1, -0.05) is 0 Å². The van der Waals surface area contributed by atoms with E-state index in [0.717, 1.165) is 0 Å². The number of hydrogen-bond acceptors (Lipinski definition) is 1. The van der Waals surface area contributed by atoms with Crippen LogP contribution in [0, 0.1) is 11.6 Å². The zero-order chi connectivity index (χ0) is 10.9. The van der Waals surface area contributed by atoms with Gasteiger partial charge in [-0.05, 0) is 17.7 Å². The number of nitrogens with two attached hydrogens (primary N) is 1. The Morgan fingerprint density at radius 1 is 1.00 bits per heavy atom. The van der Waals surface area contributed by atoms with E-state index in [-0.39, 0.29) is 0 Å². The van der Waals surface area contributed by atoms with Crippen LogP contribution in [0.15, 0.2) is 18.2 Å². The van der Waals surface area contributed by atoms with Gasteiger partial charge in [0.1, 0.15) is 17.7 Å². The fourth-order valence-electron chi connectivity index (χ4n) is 0.944. The molecule has 1 rings (SSSR count). The number of halogens is 5. The Hall–Kier alpha value is -1.17. The maximum atomic E-state index is 12.5. The summed E-state index contributed by atoms with van der Waals surface area (Å²) in [5.74, 6) is -2.17. The normalized spacial score (nSPS) is 14.1. The van der Waals surface area contributed by atoms with E-state index in [1.54, 1.807) is 0 Å². The first kappa shape index (κ1) is 10.9. The number of rotatable bonds is 1. The molecule has 0 aliphatic rings. The molecule has 0 unspecified atom stereocenters. The Labute approximate surface area is 76.3 Å². The lowest BCUT2D eigenvalue weighted by Crippen LogP contribution is -2.28. The summed E-state index contributed by atoms with van der Waals surface area (Å²) in [5.41, 5.74) is 4.12. The average molecular weight is 211 g/mol. The number of benzene rings is 1. The van der Waals surface area contributed by atoms with Crippen molar-refractivity contribution in [1.29, 1.82) is 0 Å². The molecule has 0 aliphatic heterocycles. The summed E-state index contributed by atoms with van der Waals surface area (Å²) in [6.45, 7) is 0. The molecule has 1 aromatic rings. The molecule has 78 valence electrons. The third-order valence-electron chi connectivity index (χ3n) is 1.60. The smallest absolute Gasteiger partial charge is 0.316 e. The molecule has 0 saturated heterocycles. The van der Waals surface area contributed by atoms with Gasteiger partial charge in [0.2, 0.25) is 0 Å². The van der Waals surface area contributed by atoms with Crippen LogP contribution in [0.5, 0.6) is 0 Å². The maximum absolute atomic E-state index is 12.5. The van der Waals surface area contributed by atoms with Crippen molar-refractivity contribution in [3.05, 3.63) is 35.4 Å². The molecule has 1 aromatic carbocycles. The van der Waals surface area contributed by atoms with E-state index in [4.69, 9.17) is 5.73 Å². The molecule has 14 heavy (non-hydrogen) atoms. The van der Waals surface area contributed by atoms with Crippen LogP contribution in [0.3, 0.4) is 0 Å². The highest BCUT2D eigenvalue weighted by atomic mass is 19.4. The van der Waals surface area contributed by atoms with Gasteiger partial charge in [0, 0.05) is 6.07 Å². The van der Waals surface area contributed by atoms with Crippen LogP contribution >= 0.6 is 0 Å². The van der Waals surface area contributed by atoms with E-state index < -0.39 is 29.4 Å².